The van der Waals surface area contributed by atoms with Gasteiger partial charge in [0.25, 0.3) is 0 Å². The van der Waals surface area contributed by atoms with E-state index in [0.29, 0.717) is 17.9 Å². The monoisotopic (exact) mass is 267 g/mol. The third-order valence-corrected chi connectivity index (χ3v) is 2.94. The van der Waals surface area contributed by atoms with Gasteiger partial charge in [-0.2, -0.15) is 5.26 Å². The fourth-order valence-electron chi connectivity index (χ4n) is 1.88. The number of nitrogens with zero attached hydrogens (tertiary/aromatic N) is 3. The highest BCUT2D eigenvalue weighted by atomic mass is 16.5. The van der Waals surface area contributed by atoms with Gasteiger partial charge >= 0.3 is 0 Å². The number of pyridine rings is 1. The molecule has 2 rings (SSSR count). The standard InChI is InChI=1S/C16H17N3O/c1-19(13-14-6-8-18-9-7-14)10-11-20-16-5-3-2-4-15(16)12-17/h2-9H,10-11,13H2,1H3. The molecule has 0 unspecified atom stereocenters. The summed E-state index contributed by atoms with van der Waals surface area (Å²) >= 11 is 0. The van der Waals surface area contributed by atoms with Crippen molar-refractivity contribution in [3.05, 3.63) is 59.9 Å². The van der Waals surface area contributed by atoms with Crippen molar-refractivity contribution in [2.75, 3.05) is 20.2 Å². The summed E-state index contributed by atoms with van der Waals surface area (Å²) in [5.41, 5.74) is 1.80. The van der Waals surface area contributed by atoms with Gasteiger partial charge in [0.2, 0.25) is 0 Å². The molecule has 0 bridgehead atoms. The van der Waals surface area contributed by atoms with Gasteiger partial charge < -0.3 is 4.74 Å². The molecule has 20 heavy (non-hydrogen) atoms. The van der Waals surface area contributed by atoms with Crippen molar-refractivity contribution >= 4 is 0 Å². The van der Waals surface area contributed by atoms with Crippen LogP contribution < -0.4 is 4.74 Å². The highest BCUT2D eigenvalue weighted by Crippen LogP contribution is 2.16. The highest BCUT2D eigenvalue weighted by Gasteiger charge is 2.03. The SMILES string of the molecule is CN(CCOc1ccccc1C#N)Cc1ccncc1. The van der Waals surface area contributed by atoms with Gasteiger partial charge in [0.15, 0.2) is 0 Å². The van der Waals surface area contributed by atoms with Crippen LogP contribution in [-0.2, 0) is 6.54 Å². The van der Waals surface area contributed by atoms with Crippen LogP contribution in [0.15, 0.2) is 48.8 Å². The Hall–Kier alpha value is -2.38. The Morgan fingerprint density at radius 2 is 1.95 bits per heavy atom. The molecule has 4 nitrogen and oxygen atoms in total. The lowest BCUT2D eigenvalue weighted by atomic mass is 10.2. The molecule has 0 aliphatic carbocycles. The van der Waals surface area contributed by atoms with Crippen LogP contribution in [0, 0.1) is 11.3 Å². The minimum atomic E-state index is 0.556. The minimum absolute atomic E-state index is 0.556. The van der Waals surface area contributed by atoms with E-state index in [2.05, 4.69) is 16.0 Å². The first-order valence-corrected chi connectivity index (χ1v) is 6.49. The van der Waals surface area contributed by atoms with Crippen LogP contribution >= 0.6 is 0 Å². The topological polar surface area (TPSA) is 49.1 Å². The summed E-state index contributed by atoms with van der Waals surface area (Å²) in [4.78, 5) is 6.17. The van der Waals surface area contributed by atoms with E-state index in [1.807, 2.05) is 37.4 Å². The predicted molar refractivity (Wildman–Crippen MR) is 77.2 cm³/mol. The molecule has 0 atom stereocenters. The third kappa shape index (κ3) is 4.08. The molecule has 0 saturated carbocycles. The normalized spacial score (nSPS) is 10.2. The number of hydrogen-bond acceptors (Lipinski definition) is 4. The summed E-state index contributed by atoms with van der Waals surface area (Å²) in [6.45, 7) is 2.20. The van der Waals surface area contributed by atoms with Crippen molar-refractivity contribution in [3.63, 3.8) is 0 Å². The van der Waals surface area contributed by atoms with E-state index in [9.17, 15) is 0 Å². The Kier molecular flexibility index (Phi) is 5.10. The van der Waals surface area contributed by atoms with Gasteiger partial charge in [0, 0.05) is 25.5 Å². The lowest BCUT2D eigenvalue weighted by molar-refractivity contribution is 0.232. The maximum absolute atomic E-state index is 8.98. The van der Waals surface area contributed by atoms with Crippen molar-refractivity contribution in [1.82, 2.24) is 9.88 Å². The van der Waals surface area contributed by atoms with E-state index >= 15 is 0 Å². The zero-order valence-corrected chi connectivity index (χ0v) is 11.5. The van der Waals surface area contributed by atoms with Crippen LogP contribution in [0.1, 0.15) is 11.1 Å². The smallest absolute Gasteiger partial charge is 0.137 e. The third-order valence-electron chi connectivity index (χ3n) is 2.94. The molecule has 0 aliphatic heterocycles. The molecule has 2 aromatic rings. The van der Waals surface area contributed by atoms with Crippen LogP contribution in [0.4, 0.5) is 0 Å². The van der Waals surface area contributed by atoms with E-state index in [0.717, 1.165) is 13.1 Å². The van der Waals surface area contributed by atoms with E-state index in [4.69, 9.17) is 10.00 Å². The molecule has 4 heteroatoms. The van der Waals surface area contributed by atoms with Gasteiger partial charge in [-0.05, 0) is 36.9 Å². The van der Waals surface area contributed by atoms with Crippen LogP contribution in [-0.4, -0.2) is 30.1 Å². The Labute approximate surface area is 119 Å². The van der Waals surface area contributed by atoms with Crippen molar-refractivity contribution in [2.24, 2.45) is 0 Å². The first-order chi connectivity index (χ1) is 9.79. The second kappa shape index (κ2) is 7.27. The molecule has 0 spiro atoms. The van der Waals surface area contributed by atoms with E-state index < -0.39 is 0 Å². The number of rotatable bonds is 6. The molecule has 0 radical (unpaired) electrons. The van der Waals surface area contributed by atoms with Crippen molar-refractivity contribution in [2.45, 2.75) is 6.54 Å². The van der Waals surface area contributed by atoms with Gasteiger partial charge in [-0.15, -0.1) is 0 Å². The number of para-hydroxylation sites is 1. The summed E-state index contributed by atoms with van der Waals surface area (Å²) in [6, 6.07) is 13.4. The fraction of sp³-hybridized carbons (Fsp3) is 0.250. The molecule has 0 saturated heterocycles. The molecule has 1 heterocycles. The minimum Gasteiger partial charge on any atom is -0.491 e. The van der Waals surface area contributed by atoms with Gasteiger partial charge in [-0.25, -0.2) is 0 Å². The number of ether oxygens (including phenoxy) is 1. The van der Waals surface area contributed by atoms with E-state index in [1.165, 1.54) is 5.56 Å². The van der Waals surface area contributed by atoms with Crippen molar-refractivity contribution in [3.8, 4) is 11.8 Å². The molecular formula is C16H17N3O. The average molecular weight is 267 g/mol. The number of hydrogen-bond donors (Lipinski definition) is 0. The molecular weight excluding hydrogens is 250 g/mol. The largest absolute Gasteiger partial charge is 0.491 e. The first-order valence-electron chi connectivity index (χ1n) is 6.49. The highest BCUT2D eigenvalue weighted by molar-refractivity contribution is 5.42. The van der Waals surface area contributed by atoms with E-state index in [-0.39, 0.29) is 0 Å². The lowest BCUT2D eigenvalue weighted by Crippen LogP contribution is -2.24. The zero-order chi connectivity index (χ0) is 14.2. The number of nitriles is 1. The van der Waals surface area contributed by atoms with Crippen LogP contribution in [0.3, 0.4) is 0 Å². The average Bonchev–Trinajstić information content (AvgIpc) is 2.49. The quantitative estimate of drug-likeness (QED) is 0.806. The maximum atomic E-state index is 8.98. The van der Waals surface area contributed by atoms with Crippen molar-refractivity contribution in [1.29, 1.82) is 5.26 Å². The van der Waals surface area contributed by atoms with Gasteiger partial charge in [-0.3, -0.25) is 9.88 Å². The van der Waals surface area contributed by atoms with Crippen LogP contribution in [0.25, 0.3) is 0 Å². The fourth-order valence-corrected chi connectivity index (χ4v) is 1.88. The van der Waals surface area contributed by atoms with Crippen molar-refractivity contribution < 1.29 is 4.74 Å². The Balaban J connectivity index is 1.80. The predicted octanol–water partition coefficient (Wildman–Crippen LogP) is 2.46. The summed E-state index contributed by atoms with van der Waals surface area (Å²) in [5.74, 6) is 0.646. The summed E-state index contributed by atoms with van der Waals surface area (Å²) in [7, 11) is 2.04. The Morgan fingerprint density at radius 3 is 2.70 bits per heavy atom. The summed E-state index contributed by atoms with van der Waals surface area (Å²) in [6.07, 6.45) is 3.59. The Bertz CT molecular complexity index is 578. The second-order valence-electron chi connectivity index (χ2n) is 4.55. The van der Waals surface area contributed by atoms with Gasteiger partial charge in [0.1, 0.15) is 18.4 Å². The van der Waals surface area contributed by atoms with Crippen LogP contribution in [0.2, 0.25) is 0 Å². The molecule has 0 amide bonds. The number of aromatic nitrogens is 1. The van der Waals surface area contributed by atoms with Crippen LogP contribution in [0.5, 0.6) is 5.75 Å². The van der Waals surface area contributed by atoms with Gasteiger partial charge in [0.05, 0.1) is 5.56 Å². The second-order valence-corrected chi connectivity index (χ2v) is 4.55. The molecule has 0 N–H and O–H groups in total. The lowest BCUT2D eigenvalue weighted by Gasteiger charge is -2.17. The number of likely N-dealkylation sites (N-methyl/N-ethyl adjacent to an activating group) is 1. The first kappa shape index (κ1) is 14.0. The Morgan fingerprint density at radius 1 is 1.20 bits per heavy atom. The van der Waals surface area contributed by atoms with Gasteiger partial charge in [-0.1, -0.05) is 12.1 Å². The summed E-state index contributed by atoms with van der Waals surface area (Å²) < 4.78 is 5.66. The maximum Gasteiger partial charge on any atom is 0.137 e. The molecule has 1 aromatic carbocycles. The van der Waals surface area contributed by atoms with E-state index in [1.54, 1.807) is 18.5 Å². The zero-order valence-electron chi connectivity index (χ0n) is 11.5. The number of benzene rings is 1. The molecule has 0 fully saturated rings. The molecule has 0 aliphatic rings. The molecule has 1 aromatic heterocycles. The molecule has 102 valence electrons. The summed E-state index contributed by atoms with van der Waals surface area (Å²) in [5, 5.41) is 8.98.